The van der Waals surface area contributed by atoms with Crippen molar-refractivity contribution in [2.75, 3.05) is 18.2 Å². The third-order valence-electron chi connectivity index (χ3n) is 2.45. The molecular weight excluding hydrogens is 249 g/mol. The molecule has 1 heterocycles. The molecule has 0 aliphatic heterocycles. The minimum atomic E-state index is -0.660. The monoisotopic (exact) mass is 261 g/mol. The van der Waals surface area contributed by atoms with Gasteiger partial charge in [-0.05, 0) is 30.3 Å². The van der Waals surface area contributed by atoms with Gasteiger partial charge in [0.25, 0.3) is 5.91 Å². The van der Waals surface area contributed by atoms with E-state index >= 15 is 0 Å². The quantitative estimate of drug-likeness (QED) is 0.655. The van der Waals surface area contributed by atoms with Crippen molar-refractivity contribution >= 4 is 17.4 Å². The lowest BCUT2D eigenvalue weighted by atomic mass is 10.2. The third kappa shape index (κ3) is 2.98. The molecule has 98 valence electrons. The van der Waals surface area contributed by atoms with E-state index in [1.54, 1.807) is 12.1 Å². The van der Waals surface area contributed by atoms with Crippen molar-refractivity contribution in [1.29, 1.82) is 0 Å². The summed E-state index contributed by atoms with van der Waals surface area (Å²) in [5.41, 5.74) is 6.43. The molecule has 1 aromatic heterocycles. The van der Waals surface area contributed by atoms with Gasteiger partial charge < -0.3 is 15.8 Å². The number of carbonyl (C=O) groups is 1. The van der Waals surface area contributed by atoms with Crippen molar-refractivity contribution in [3.63, 3.8) is 0 Å². The Morgan fingerprint density at radius 1 is 1.37 bits per heavy atom. The summed E-state index contributed by atoms with van der Waals surface area (Å²) in [5.74, 6) is -0.537. The zero-order valence-electron chi connectivity index (χ0n) is 10.2. The van der Waals surface area contributed by atoms with Crippen LogP contribution in [0.5, 0.6) is 5.75 Å². The van der Waals surface area contributed by atoms with Crippen LogP contribution in [-0.4, -0.2) is 18.0 Å². The van der Waals surface area contributed by atoms with Crippen LogP contribution in [0.15, 0.2) is 36.4 Å². The number of halogens is 1. The van der Waals surface area contributed by atoms with Crippen molar-refractivity contribution in [2.45, 2.75) is 0 Å². The molecule has 6 heteroatoms. The number of nitrogens with two attached hydrogens (primary N) is 1. The molecule has 1 aromatic carbocycles. The summed E-state index contributed by atoms with van der Waals surface area (Å²) < 4.78 is 17.9. The first-order chi connectivity index (χ1) is 9.10. The molecule has 0 saturated heterocycles. The topological polar surface area (TPSA) is 77.2 Å². The number of rotatable bonds is 3. The minimum Gasteiger partial charge on any atom is -0.495 e. The molecule has 19 heavy (non-hydrogen) atoms. The second-order valence-corrected chi connectivity index (χ2v) is 3.76. The highest BCUT2D eigenvalue weighted by Gasteiger charge is 2.10. The number of pyridine rings is 1. The number of amides is 1. The van der Waals surface area contributed by atoms with Crippen LogP contribution in [0.25, 0.3) is 0 Å². The largest absolute Gasteiger partial charge is 0.495 e. The van der Waals surface area contributed by atoms with Gasteiger partial charge in [0.1, 0.15) is 11.6 Å². The minimum absolute atomic E-state index is 0.140. The maximum absolute atomic E-state index is 12.9. The first kappa shape index (κ1) is 12.8. The highest BCUT2D eigenvalue weighted by molar-refractivity contribution is 6.04. The number of methoxy groups -OCH3 is 1. The van der Waals surface area contributed by atoms with E-state index in [1.807, 2.05) is 0 Å². The van der Waals surface area contributed by atoms with Crippen LogP contribution in [-0.2, 0) is 0 Å². The molecule has 0 atom stereocenters. The van der Waals surface area contributed by atoms with Gasteiger partial charge in [-0.15, -0.1) is 0 Å². The predicted molar refractivity (Wildman–Crippen MR) is 69.6 cm³/mol. The van der Waals surface area contributed by atoms with Gasteiger partial charge in [-0.25, -0.2) is 4.98 Å². The first-order valence-corrected chi connectivity index (χ1v) is 5.47. The first-order valence-electron chi connectivity index (χ1n) is 5.47. The summed E-state index contributed by atoms with van der Waals surface area (Å²) in [4.78, 5) is 15.5. The van der Waals surface area contributed by atoms with Crippen LogP contribution in [0.4, 0.5) is 15.9 Å². The van der Waals surface area contributed by atoms with E-state index in [-0.39, 0.29) is 5.82 Å². The lowest BCUT2D eigenvalue weighted by Crippen LogP contribution is -2.13. The van der Waals surface area contributed by atoms with E-state index in [0.717, 1.165) is 0 Å². The second kappa shape index (κ2) is 5.34. The van der Waals surface area contributed by atoms with E-state index < -0.39 is 11.9 Å². The number of aromatic nitrogens is 1. The second-order valence-electron chi connectivity index (χ2n) is 3.76. The number of benzene rings is 1. The summed E-state index contributed by atoms with van der Waals surface area (Å²) in [6.45, 7) is 0. The molecule has 5 nitrogen and oxygen atoms in total. The van der Waals surface area contributed by atoms with Crippen molar-refractivity contribution in [3.05, 3.63) is 47.9 Å². The van der Waals surface area contributed by atoms with Crippen molar-refractivity contribution < 1.29 is 13.9 Å². The van der Waals surface area contributed by atoms with Crippen molar-refractivity contribution in [3.8, 4) is 5.75 Å². The Hall–Kier alpha value is -2.63. The van der Waals surface area contributed by atoms with Gasteiger partial charge in [0.2, 0.25) is 5.95 Å². The zero-order valence-corrected chi connectivity index (χ0v) is 10.2. The summed E-state index contributed by atoms with van der Waals surface area (Å²) in [5, 5.41) is 2.48. The molecule has 1 amide bonds. The lowest BCUT2D eigenvalue weighted by molar-refractivity contribution is 0.102. The molecule has 0 spiro atoms. The van der Waals surface area contributed by atoms with Crippen LogP contribution < -0.4 is 15.8 Å². The maximum atomic E-state index is 12.9. The summed E-state index contributed by atoms with van der Waals surface area (Å²) in [7, 11) is 1.46. The van der Waals surface area contributed by atoms with E-state index in [2.05, 4.69) is 10.3 Å². The summed E-state index contributed by atoms with van der Waals surface area (Å²) in [6.07, 6.45) is 0. The SMILES string of the molecule is COc1cc(C(=O)Nc2cccc(F)n2)ccc1N. The average Bonchev–Trinajstić information content (AvgIpc) is 2.39. The number of carbonyl (C=O) groups excluding carboxylic acids is 1. The Labute approximate surface area is 109 Å². The van der Waals surface area contributed by atoms with E-state index in [1.165, 1.54) is 31.4 Å². The fraction of sp³-hybridized carbons (Fsp3) is 0.0769. The Balaban J connectivity index is 2.20. The zero-order chi connectivity index (χ0) is 13.8. The van der Waals surface area contributed by atoms with Gasteiger partial charge in [-0.2, -0.15) is 4.39 Å². The fourth-order valence-corrected chi connectivity index (χ4v) is 1.52. The number of nitrogens with zero attached hydrogens (tertiary/aromatic N) is 1. The summed E-state index contributed by atoms with van der Waals surface area (Å²) >= 11 is 0. The van der Waals surface area contributed by atoms with E-state index in [9.17, 15) is 9.18 Å². The molecule has 2 rings (SSSR count). The number of hydrogen-bond donors (Lipinski definition) is 2. The molecule has 3 N–H and O–H groups in total. The maximum Gasteiger partial charge on any atom is 0.256 e. The molecule has 0 radical (unpaired) electrons. The number of nitrogen functional groups attached to an aromatic ring is 1. The van der Waals surface area contributed by atoms with Crippen molar-refractivity contribution in [1.82, 2.24) is 4.98 Å². The van der Waals surface area contributed by atoms with E-state index in [4.69, 9.17) is 10.5 Å². The van der Waals surface area contributed by atoms with Gasteiger partial charge in [0.05, 0.1) is 12.8 Å². The average molecular weight is 261 g/mol. The third-order valence-corrected chi connectivity index (χ3v) is 2.45. The molecule has 0 fully saturated rings. The van der Waals surface area contributed by atoms with Crippen LogP contribution in [0.3, 0.4) is 0 Å². The van der Waals surface area contributed by atoms with E-state index in [0.29, 0.717) is 17.0 Å². The Bertz CT molecular complexity index is 617. The van der Waals surface area contributed by atoms with Gasteiger partial charge >= 0.3 is 0 Å². The predicted octanol–water partition coefficient (Wildman–Crippen LogP) is 2.06. The Morgan fingerprint density at radius 3 is 2.84 bits per heavy atom. The van der Waals surface area contributed by atoms with Gasteiger partial charge in [-0.1, -0.05) is 6.07 Å². The molecule has 0 aliphatic rings. The van der Waals surface area contributed by atoms with Crippen LogP contribution >= 0.6 is 0 Å². The van der Waals surface area contributed by atoms with Gasteiger partial charge in [-0.3, -0.25) is 4.79 Å². The normalized spacial score (nSPS) is 10.0. The van der Waals surface area contributed by atoms with Crippen LogP contribution in [0.1, 0.15) is 10.4 Å². The number of hydrogen-bond acceptors (Lipinski definition) is 4. The number of ether oxygens (including phenoxy) is 1. The van der Waals surface area contributed by atoms with Crippen LogP contribution in [0.2, 0.25) is 0 Å². The summed E-state index contributed by atoms with van der Waals surface area (Å²) in [6, 6.07) is 8.77. The Kier molecular flexibility index (Phi) is 3.61. The standard InChI is InChI=1S/C13H12FN3O2/c1-19-10-7-8(5-6-9(10)15)13(18)17-12-4-2-3-11(14)16-12/h2-7H,15H2,1H3,(H,16,17,18). The molecule has 0 bridgehead atoms. The highest BCUT2D eigenvalue weighted by atomic mass is 19.1. The molecule has 0 unspecified atom stereocenters. The lowest BCUT2D eigenvalue weighted by Gasteiger charge is -2.08. The van der Waals surface area contributed by atoms with Crippen LogP contribution in [0, 0.1) is 5.95 Å². The molecule has 0 aliphatic carbocycles. The highest BCUT2D eigenvalue weighted by Crippen LogP contribution is 2.22. The van der Waals surface area contributed by atoms with Gasteiger partial charge in [0, 0.05) is 5.56 Å². The molecular formula is C13H12FN3O2. The smallest absolute Gasteiger partial charge is 0.256 e. The van der Waals surface area contributed by atoms with Crippen molar-refractivity contribution in [2.24, 2.45) is 0 Å². The fourth-order valence-electron chi connectivity index (χ4n) is 1.52. The number of nitrogens with one attached hydrogen (secondary N) is 1. The molecule has 2 aromatic rings. The van der Waals surface area contributed by atoms with Gasteiger partial charge in [0.15, 0.2) is 0 Å². The Morgan fingerprint density at radius 2 is 2.16 bits per heavy atom. The number of anilines is 2. The molecule has 0 saturated carbocycles.